The third-order valence-corrected chi connectivity index (χ3v) is 2.03. The highest BCUT2D eigenvalue weighted by Crippen LogP contribution is 2.11. The van der Waals surface area contributed by atoms with Gasteiger partial charge in [-0.15, -0.1) is 0 Å². The summed E-state index contributed by atoms with van der Waals surface area (Å²) in [7, 11) is 1.49. The van der Waals surface area contributed by atoms with Gasteiger partial charge in [0.1, 0.15) is 12.8 Å². The van der Waals surface area contributed by atoms with Gasteiger partial charge in [0.2, 0.25) is 5.91 Å². The minimum atomic E-state index is -0.150. The monoisotopic (exact) mass is 202 g/mol. The van der Waals surface area contributed by atoms with Gasteiger partial charge in [-0.2, -0.15) is 0 Å². The highest BCUT2D eigenvalue weighted by molar-refractivity contribution is 5.77. The molecule has 1 aliphatic rings. The molecule has 0 saturated carbocycles. The summed E-state index contributed by atoms with van der Waals surface area (Å²) in [4.78, 5) is 11.1. The quantitative estimate of drug-likeness (QED) is 0.646. The van der Waals surface area contributed by atoms with E-state index in [4.69, 9.17) is 9.47 Å². The van der Waals surface area contributed by atoms with Gasteiger partial charge in [0.15, 0.2) is 0 Å². The van der Waals surface area contributed by atoms with Crippen molar-refractivity contribution >= 4 is 5.91 Å². The van der Waals surface area contributed by atoms with E-state index in [1.165, 1.54) is 7.11 Å². The van der Waals surface area contributed by atoms with Crippen LogP contribution in [0.4, 0.5) is 0 Å². The normalized spacial score (nSPS) is 25.8. The predicted octanol–water partition coefficient (Wildman–Crippen LogP) is -0.526. The van der Waals surface area contributed by atoms with Crippen molar-refractivity contribution < 1.29 is 14.3 Å². The summed E-state index contributed by atoms with van der Waals surface area (Å²) in [6, 6.07) is 0. The van der Waals surface area contributed by atoms with Crippen molar-refractivity contribution in [3.8, 4) is 0 Å². The Hall–Kier alpha value is -0.650. The van der Waals surface area contributed by atoms with Gasteiger partial charge >= 0.3 is 0 Å². The number of morpholine rings is 1. The average molecular weight is 202 g/mol. The highest BCUT2D eigenvalue weighted by Gasteiger charge is 2.27. The SMILES string of the molecule is COCC(=O)NC1COC(C)(C)CN1. The van der Waals surface area contributed by atoms with E-state index < -0.39 is 0 Å². The number of rotatable bonds is 3. The lowest BCUT2D eigenvalue weighted by molar-refractivity contribution is -0.128. The van der Waals surface area contributed by atoms with Crippen molar-refractivity contribution in [2.45, 2.75) is 25.6 Å². The molecule has 1 saturated heterocycles. The summed E-state index contributed by atoms with van der Waals surface area (Å²) in [5.74, 6) is -0.131. The molecule has 14 heavy (non-hydrogen) atoms. The molecule has 1 atom stereocenters. The topological polar surface area (TPSA) is 59.6 Å². The van der Waals surface area contributed by atoms with Crippen LogP contribution < -0.4 is 10.6 Å². The molecule has 1 unspecified atom stereocenters. The van der Waals surface area contributed by atoms with E-state index in [-0.39, 0.29) is 24.3 Å². The molecular formula is C9H18N2O3. The summed E-state index contributed by atoms with van der Waals surface area (Å²) >= 11 is 0. The van der Waals surface area contributed by atoms with Crippen LogP contribution in [0.5, 0.6) is 0 Å². The van der Waals surface area contributed by atoms with Gasteiger partial charge in [-0.05, 0) is 13.8 Å². The number of amides is 1. The molecule has 5 nitrogen and oxygen atoms in total. The van der Waals surface area contributed by atoms with E-state index in [9.17, 15) is 4.79 Å². The number of nitrogens with one attached hydrogen (secondary N) is 2. The standard InChI is InChI=1S/C9H18N2O3/c1-9(2)6-10-7(4-14-9)11-8(12)5-13-3/h7,10H,4-6H2,1-3H3,(H,11,12). The maximum Gasteiger partial charge on any atom is 0.247 e. The first-order valence-electron chi connectivity index (χ1n) is 4.69. The second-order valence-electron chi connectivity index (χ2n) is 4.00. The second-order valence-corrected chi connectivity index (χ2v) is 4.00. The minimum Gasteiger partial charge on any atom is -0.375 e. The molecule has 1 heterocycles. The molecule has 0 aliphatic carbocycles. The maximum atomic E-state index is 11.1. The number of ether oxygens (including phenoxy) is 2. The van der Waals surface area contributed by atoms with E-state index in [0.29, 0.717) is 6.61 Å². The van der Waals surface area contributed by atoms with E-state index in [2.05, 4.69) is 10.6 Å². The molecule has 0 radical (unpaired) electrons. The van der Waals surface area contributed by atoms with E-state index in [1.807, 2.05) is 13.8 Å². The Balaban J connectivity index is 2.25. The molecular weight excluding hydrogens is 184 g/mol. The fourth-order valence-electron chi connectivity index (χ4n) is 1.25. The molecule has 0 aromatic heterocycles. The third-order valence-electron chi connectivity index (χ3n) is 2.03. The Morgan fingerprint density at radius 3 is 2.93 bits per heavy atom. The molecule has 82 valence electrons. The molecule has 1 rings (SSSR count). The van der Waals surface area contributed by atoms with Crippen molar-refractivity contribution in [2.24, 2.45) is 0 Å². The van der Waals surface area contributed by atoms with Crippen LogP contribution in [0, 0.1) is 0 Å². The largest absolute Gasteiger partial charge is 0.375 e. The predicted molar refractivity (Wildman–Crippen MR) is 51.8 cm³/mol. The van der Waals surface area contributed by atoms with Crippen LogP contribution in [0.25, 0.3) is 0 Å². The Bertz CT molecular complexity index is 196. The number of carbonyl (C=O) groups is 1. The zero-order valence-corrected chi connectivity index (χ0v) is 8.92. The smallest absolute Gasteiger partial charge is 0.247 e. The molecule has 0 aromatic rings. The van der Waals surface area contributed by atoms with Crippen LogP contribution in [0.1, 0.15) is 13.8 Å². The van der Waals surface area contributed by atoms with Crippen molar-refractivity contribution in [2.75, 3.05) is 26.9 Å². The van der Waals surface area contributed by atoms with E-state index in [0.717, 1.165) is 6.54 Å². The van der Waals surface area contributed by atoms with E-state index >= 15 is 0 Å². The van der Waals surface area contributed by atoms with Gasteiger partial charge in [0.25, 0.3) is 0 Å². The van der Waals surface area contributed by atoms with Gasteiger partial charge in [-0.25, -0.2) is 0 Å². The van der Waals surface area contributed by atoms with Crippen molar-refractivity contribution in [1.82, 2.24) is 10.6 Å². The van der Waals surface area contributed by atoms with Crippen molar-refractivity contribution in [3.63, 3.8) is 0 Å². The minimum absolute atomic E-state index is 0.0849. The molecule has 0 bridgehead atoms. The van der Waals surface area contributed by atoms with Crippen LogP contribution in [0.15, 0.2) is 0 Å². The maximum absolute atomic E-state index is 11.1. The van der Waals surface area contributed by atoms with E-state index in [1.54, 1.807) is 0 Å². The fraction of sp³-hybridized carbons (Fsp3) is 0.889. The van der Waals surface area contributed by atoms with Gasteiger partial charge in [0.05, 0.1) is 12.2 Å². The molecule has 0 aromatic carbocycles. The van der Waals surface area contributed by atoms with Crippen molar-refractivity contribution in [3.05, 3.63) is 0 Å². The zero-order valence-electron chi connectivity index (χ0n) is 8.92. The number of hydrogen-bond acceptors (Lipinski definition) is 4. The van der Waals surface area contributed by atoms with Gasteiger partial charge < -0.3 is 14.8 Å². The summed E-state index contributed by atoms with van der Waals surface area (Å²) in [6.45, 7) is 5.31. The lowest BCUT2D eigenvalue weighted by Crippen LogP contribution is -2.58. The fourth-order valence-corrected chi connectivity index (χ4v) is 1.25. The van der Waals surface area contributed by atoms with Crippen LogP contribution in [0.2, 0.25) is 0 Å². The van der Waals surface area contributed by atoms with Crippen LogP contribution >= 0.6 is 0 Å². The van der Waals surface area contributed by atoms with Crippen molar-refractivity contribution in [1.29, 1.82) is 0 Å². The van der Waals surface area contributed by atoms with Crippen LogP contribution in [0.3, 0.4) is 0 Å². The van der Waals surface area contributed by atoms with Gasteiger partial charge in [0, 0.05) is 13.7 Å². The Labute approximate surface area is 84.1 Å². The average Bonchev–Trinajstić information content (AvgIpc) is 2.09. The third kappa shape index (κ3) is 3.61. The zero-order chi connectivity index (χ0) is 10.6. The number of methoxy groups -OCH3 is 1. The first-order valence-corrected chi connectivity index (χ1v) is 4.69. The first kappa shape index (κ1) is 11.4. The second kappa shape index (κ2) is 4.72. The summed E-state index contributed by atoms with van der Waals surface area (Å²) in [5, 5.41) is 5.94. The summed E-state index contributed by atoms with van der Waals surface area (Å²) in [6.07, 6.45) is -0.106. The molecule has 2 N–H and O–H groups in total. The Morgan fingerprint density at radius 1 is 1.71 bits per heavy atom. The first-order chi connectivity index (χ1) is 6.53. The lowest BCUT2D eigenvalue weighted by atomic mass is 10.1. The Morgan fingerprint density at radius 2 is 2.43 bits per heavy atom. The summed E-state index contributed by atoms with van der Waals surface area (Å²) in [5.41, 5.74) is -0.150. The molecule has 5 heteroatoms. The lowest BCUT2D eigenvalue weighted by Gasteiger charge is -2.35. The molecule has 1 fully saturated rings. The molecule has 1 aliphatic heterocycles. The van der Waals surface area contributed by atoms with Gasteiger partial charge in [-0.1, -0.05) is 0 Å². The summed E-state index contributed by atoms with van der Waals surface area (Å²) < 4.78 is 10.2. The molecule has 0 spiro atoms. The number of carbonyl (C=O) groups excluding carboxylic acids is 1. The highest BCUT2D eigenvalue weighted by atomic mass is 16.5. The molecule has 1 amide bonds. The van der Waals surface area contributed by atoms with Gasteiger partial charge in [-0.3, -0.25) is 10.1 Å². The Kier molecular flexibility index (Phi) is 3.86. The number of hydrogen-bond donors (Lipinski definition) is 2. The van der Waals surface area contributed by atoms with Crippen LogP contribution in [-0.4, -0.2) is 44.5 Å². The van der Waals surface area contributed by atoms with Crippen LogP contribution in [-0.2, 0) is 14.3 Å².